The number of esters is 1. The number of ether oxygens (including phenoxy) is 1. The zero-order valence-corrected chi connectivity index (χ0v) is 7.28. The summed E-state index contributed by atoms with van der Waals surface area (Å²) in [5, 5.41) is 8.15. The Kier molecular flexibility index (Phi) is 8.07. The van der Waals surface area contributed by atoms with Crippen molar-refractivity contribution in [3.63, 3.8) is 0 Å². The average molecular weight is 310 g/mol. The van der Waals surface area contributed by atoms with Crippen molar-refractivity contribution in [1.29, 1.82) is 0 Å². The maximum atomic E-state index is 10.2. The molecule has 0 aromatic heterocycles. The van der Waals surface area contributed by atoms with Crippen LogP contribution in [0.4, 0.5) is 0 Å². The van der Waals surface area contributed by atoms with Crippen LogP contribution in [-0.4, -0.2) is 30.8 Å². The minimum Gasteiger partial charge on any atom is -0.663 e. The van der Waals surface area contributed by atoms with Gasteiger partial charge in [0.1, 0.15) is 0 Å². The number of nitrogens with one attached hydrogen (secondary N) is 1. The van der Waals surface area contributed by atoms with Gasteiger partial charge in [0.15, 0.2) is 0 Å². The third-order valence-electron chi connectivity index (χ3n) is 0.668. The Bertz CT molecular complexity index is 87.9. The molecule has 0 rings (SSSR count). The van der Waals surface area contributed by atoms with Crippen LogP contribution in [0, 0.1) is 0 Å². The standard InChI is InChI=1S/C4H8NO3.Ir/c1-8-4(7)3(5)2-6;/h3,5-6H,2H2,1H3;/q-1;. The summed E-state index contributed by atoms with van der Waals surface area (Å²) in [5.41, 5.74) is 6.70. The zero-order chi connectivity index (χ0) is 6.57. The second-order valence-corrected chi connectivity index (χ2v) is 1.26. The van der Waals surface area contributed by atoms with Crippen LogP contribution in [0.2, 0.25) is 0 Å². The molecule has 0 aromatic rings. The number of carbonyl (C=O) groups excluding carboxylic acids is 1. The Morgan fingerprint density at radius 3 is 2.44 bits per heavy atom. The average Bonchev–Trinajstić information content (AvgIpc) is 1.84. The second kappa shape index (κ2) is 6.16. The van der Waals surface area contributed by atoms with Crippen LogP contribution < -0.4 is 0 Å². The Labute approximate surface area is 66.7 Å². The van der Waals surface area contributed by atoms with Gasteiger partial charge in [-0.1, -0.05) is 0 Å². The Hall–Kier alpha value is 0.0394. The van der Waals surface area contributed by atoms with Gasteiger partial charge in [-0.05, 0) is 6.04 Å². The van der Waals surface area contributed by atoms with Crippen LogP contribution in [0.25, 0.3) is 5.73 Å². The maximum absolute atomic E-state index is 10.2. The first-order valence-corrected chi connectivity index (χ1v) is 2.12. The fourth-order valence-corrected chi connectivity index (χ4v) is 0.217. The number of hydrogen-bond acceptors (Lipinski definition) is 3. The van der Waals surface area contributed by atoms with Gasteiger partial charge in [0.05, 0.1) is 7.11 Å². The monoisotopic (exact) mass is 311 g/mol. The summed E-state index contributed by atoms with van der Waals surface area (Å²) in [5.74, 6) is -0.701. The van der Waals surface area contributed by atoms with Gasteiger partial charge < -0.3 is 15.6 Å². The number of aliphatic hydroxyl groups is 1. The van der Waals surface area contributed by atoms with Gasteiger partial charge in [0, 0.05) is 26.7 Å². The van der Waals surface area contributed by atoms with Crippen molar-refractivity contribution < 1.29 is 34.7 Å². The van der Waals surface area contributed by atoms with Gasteiger partial charge in [0.2, 0.25) is 0 Å². The number of methoxy groups -OCH3 is 1. The summed E-state index contributed by atoms with van der Waals surface area (Å²) in [6.45, 7) is -0.479. The second-order valence-electron chi connectivity index (χ2n) is 1.26. The van der Waals surface area contributed by atoms with E-state index in [0.29, 0.717) is 0 Å². The van der Waals surface area contributed by atoms with Crippen LogP contribution in [0.5, 0.6) is 0 Å². The third kappa shape index (κ3) is 4.54. The molecular formula is C4H8IrNO3-. The van der Waals surface area contributed by atoms with E-state index in [0.717, 1.165) is 0 Å². The molecule has 0 aliphatic heterocycles. The van der Waals surface area contributed by atoms with Gasteiger partial charge in [-0.25, -0.2) is 0 Å². The van der Waals surface area contributed by atoms with E-state index >= 15 is 0 Å². The summed E-state index contributed by atoms with van der Waals surface area (Å²) < 4.78 is 4.12. The first-order chi connectivity index (χ1) is 3.72. The van der Waals surface area contributed by atoms with E-state index in [4.69, 9.17) is 10.8 Å². The van der Waals surface area contributed by atoms with Crippen molar-refractivity contribution >= 4 is 5.97 Å². The molecular weight excluding hydrogens is 302 g/mol. The van der Waals surface area contributed by atoms with E-state index in [2.05, 4.69) is 4.74 Å². The minimum atomic E-state index is -1.14. The summed E-state index contributed by atoms with van der Waals surface area (Å²) in [6.07, 6.45) is 0. The summed E-state index contributed by atoms with van der Waals surface area (Å²) in [4.78, 5) is 10.2. The Morgan fingerprint density at radius 2 is 2.33 bits per heavy atom. The maximum Gasteiger partial charge on any atom is 0.289 e. The molecule has 2 N–H and O–H groups in total. The van der Waals surface area contributed by atoms with Crippen molar-refractivity contribution in [2.75, 3.05) is 13.7 Å². The van der Waals surface area contributed by atoms with Crippen LogP contribution in [-0.2, 0) is 29.6 Å². The van der Waals surface area contributed by atoms with E-state index in [1.807, 2.05) is 0 Å². The summed E-state index contributed by atoms with van der Waals surface area (Å²) in [6, 6.07) is -1.14. The molecule has 0 spiro atoms. The molecule has 57 valence electrons. The molecule has 1 atom stereocenters. The Balaban J connectivity index is 0. The number of aliphatic hydroxyl groups excluding tert-OH is 1. The third-order valence-corrected chi connectivity index (χ3v) is 0.668. The molecule has 0 bridgehead atoms. The van der Waals surface area contributed by atoms with Crippen molar-refractivity contribution in [2.24, 2.45) is 0 Å². The van der Waals surface area contributed by atoms with E-state index in [9.17, 15) is 4.79 Å². The molecule has 0 aliphatic carbocycles. The van der Waals surface area contributed by atoms with Gasteiger partial charge in [-0.3, -0.25) is 4.79 Å². The molecule has 0 saturated heterocycles. The summed E-state index contributed by atoms with van der Waals surface area (Å²) in [7, 11) is 1.18. The number of carbonyl (C=O) groups is 1. The number of rotatable bonds is 2. The topological polar surface area (TPSA) is 70.3 Å². The van der Waals surface area contributed by atoms with Crippen LogP contribution >= 0.6 is 0 Å². The molecule has 0 amide bonds. The van der Waals surface area contributed by atoms with E-state index in [1.54, 1.807) is 0 Å². The molecule has 1 radical (unpaired) electrons. The van der Waals surface area contributed by atoms with Crippen LogP contribution in [0.3, 0.4) is 0 Å². The molecule has 0 heterocycles. The fourth-order valence-electron chi connectivity index (χ4n) is 0.217. The van der Waals surface area contributed by atoms with Gasteiger partial charge in [-0.2, -0.15) is 0 Å². The van der Waals surface area contributed by atoms with Gasteiger partial charge in [0.25, 0.3) is 5.97 Å². The van der Waals surface area contributed by atoms with E-state index < -0.39 is 18.6 Å². The van der Waals surface area contributed by atoms with Crippen molar-refractivity contribution in [1.82, 2.24) is 0 Å². The molecule has 0 aliphatic rings. The first kappa shape index (κ1) is 11.8. The quantitative estimate of drug-likeness (QED) is 0.704. The van der Waals surface area contributed by atoms with E-state index in [1.165, 1.54) is 7.11 Å². The van der Waals surface area contributed by atoms with E-state index in [-0.39, 0.29) is 20.1 Å². The minimum absolute atomic E-state index is 0. The zero-order valence-electron chi connectivity index (χ0n) is 4.88. The van der Waals surface area contributed by atoms with Crippen molar-refractivity contribution in [3.05, 3.63) is 5.73 Å². The molecule has 0 fully saturated rings. The van der Waals surface area contributed by atoms with Crippen molar-refractivity contribution in [3.8, 4) is 0 Å². The largest absolute Gasteiger partial charge is 0.663 e. The molecule has 9 heavy (non-hydrogen) atoms. The van der Waals surface area contributed by atoms with Crippen molar-refractivity contribution in [2.45, 2.75) is 6.04 Å². The normalized spacial score (nSPS) is 11.4. The molecule has 0 saturated carbocycles. The first-order valence-electron chi connectivity index (χ1n) is 2.12. The van der Waals surface area contributed by atoms with Crippen LogP contribution in [0.1, 0.15) is 0 Å². The smallest absolute Gasteiger partial charge is 0.289 e. The Morgan fingerprint density at radius 1 is 1.89 bits per heavy atom. The predicted octanol–water partition coefficient (Wildman–Crippen LogP) is -0.430. The SMILES string of the molecule is COC(=O)C([NH-])CO.[Ir]. The fraction of sp³-hybridized carbons (Fsp3) is 0.750. The van der Waals surface area contributed by atoms with Crippen LogP contribution in [0.15, 0.2) is 0 Å². The predicted molar refractivity (Wildman–Crippen MR) is 27.2 cm³/mol. The van der Waals surface area contributed by atoms with Gasteiger partial charge in [-0.15, -0.1) is 0 Å². The van der Waals surface area contributed by atoms with Gasteiger partial charge >= 0.3 is 0 Å². The summed E-state index contributed by atoms with van der Waals surface area (Å²) >= 11 is 0. The molecule has 5 heteroatoms. The molecule has 0 aromatic carbocycles. The molecule has 1 unspecified atom stereocenters. The molecule has 4 nitrogen and oxygen atoms in total. The number of hydrogen-bond donors (Lipinski definition) is 1.